The van der Waals surface area contributed by atoms with Gasteiger partial charge in [-0.3, -0.25) is 0 Å². The normalized spacial score (nSPS) is 17.2. The SMILES string of the molecule is CS(=O)(=O)c1nc2c(c(C(F)(F)F)n1)CCCCCC2. The summed E-state index contributed by atoms with van der Waals surface area (Å²) >= 11 is 0. The lowest BCUT2D eigenvalue weighted by Gasteiger charge is -2.18. The van der Waals surface area contributed by atoms with Crippen molar-refractivity contribution < 1.29 is 21.6 Å². The quantitative estimate of drug-likeness (QED) is 0.748. The Balaban J connectivity index is 2.66. The minimum Gasteiger partial charge on any atom is -0.223 e. The van der Waals surface area contributed by atoms with Gasteiger partial charge in [-0.25, -0.2) is 18.4 Å². The molecule has 0 N–H and O–H groups in total. The van der Waals surface area contributed by atoms with E-state index in [1.807, 2.05) is 0 Å². The van der Waals surface area contributed by atoms with E-state index in [0.29, 0.717) is 19.3 Å². The molecule has 0 saturated carbocycles. The van der Waals surface area contributed by atoms with Crippen LogP contribution in [0.25, 0.3) is 0 Å². The van der Waals surface area contributed by atoms with Crippen molar-refractivity contribution in [1.82, 2.24) is 9.97 Å². The van der Waals surface area contributed by atoms with E-state index in [2.05, 4.69) is 9.97 Å². The Morgan fingerprint density at radius 2 is 1.60 bits per heavy atom. The lowest BCUT2D eigenvalue weighted by Crippen LogP contribution is -2.20. The van der Waals surface area contributed by atoms with E-state index in [4.69, 9.17) is 0 Å². The Morgan fingerprint density at radius 1 is 1.00 bits per heavy atom. The standard InChI is InChI=1S/C12H15F3N2O2S/c1-20(18,19)11-16-9-7-5-3-2-4-6-8(9)10(17-11)12(13,14)15/h2-7H2,1H3. The van der Waals surface area contributed by atoms with Gasteiger partial charge in [-0.1, -0.05) is 12.8 Å². The molecule has 1 aliphatic rings. The van der Waals surface area contributed by atoms with E-state index in [1.165, 1.54) is 0 Å². The fraction of sp³-hybridized carbons (Fsp3) is 0.667. The first-order chi connectivity index (χ1) is 9.19. The van der Waals surface area contributed by atoms with Crippen molar-refractivity contribution in [3.05, 3.63) is 17.0 Å². The third-order valence-electron chi connectivity index (χ3n) is 3.26. The topological polar surface area (TPSA) is 59.9 Å². The molecule has 0 bridgehead atoms. The molecule has 0 aromatic carbocycles. The number of alkyl halides is 3. The average molecular weight is 308 g/mol. The van der Waals surface area contributed by atoms with Crippen LogP contribution in [0.4, 0.5) is 13.2 Å². The lowest BCUT2D eigenvalue weighted by atomic mass is 9.96. The first kappa shape index (κ1) is 15.2. The Labute approximate surface area is 115 Å². The maximum atomic E-state index is 13.1. The van der Waals surface area contributed by atoms with E-state index in [-0.39, 0.29) is 17.7 Å². The molecule has 0 fully saturated rings. The molecule has 0 atom stereocenters. The molecule has 0 spiro atoms. The number of nitrogens with zero attached hydrogens (tertiary/aromatic N) is 2. The highest BCUT2D eigenvalue weighted by Gasteiger charge is 2.38. The number of aryl methyl sites for hydroxylation is 1. The van der Waals surface area contributed by atoms with E-state index < -0.39 is 26.9 Å². The van der Waals surface area contributed by atoms with Gasteiger partial charge < -0.3 is 0 Å². The van der Waals surface area contributed by atoms with Gasteiger partial charge in [0, 0.05) is 17.5 Å². The number of sulfone groups is 1. The van der Waals surface area contributed by atoms with E-state index in [9.17, 15) is 21.6 Å². The van der Waals surface area contributed by atoms with Crippen molar-refractivity contribution in [2.45, 2.75) is 49.9 Å². The molecule has 0 amide bonds. The van der Waals surface area contributed by atoms with Gasteiger partial charge in [0.05, 0.1) is 0 Å². The lowest BCUT2D eigenvalue weighted by molar-refractivity contribution is -0.142. The third-order valence-corrected chi connectivity index (χ3v) is 4.11. The number of halogens is 3. The molecule has 20 heavy (non-hydrogen) atoms. The number of fused-ring (bicyclic) bond motifs is 1. The zero-order valence-corrected chi connectivity index (χ0v) is 11.8. The summed E-state index contributed by atoms with van der Waals surface area (Å²) in [5.41, 5.74) is -0.804. The van der Waals surface area contributed by atoms with Gasteiger partial charge in [0.1, 0.15) is 0 Å². The summed E-state index contributed by atoms with van der Waals surface area (Å²) in [4.78, 5) is 7.14. The van der Waals surface area contributed by atoms with Crippen LogP contribution in [0.2, 0.25) is 0 Å². The molecule has 4 nitrogen and oxygen atoms in total. The zero-order valence-electron chi connectivity index (χ0n) is 11.0. The number of rotatable bonds is 1. The first-order valence-corrected chi connectivity index (χ1v) is 8.26. The Morgan fingerprint density at radius 3 is 2.15 bits per heavy atom. The molecule has 0 aliphatic heterocycles. The van der Waals surface area contributed by atoms with Crippen LogP contribution in [-0.4, -0.2) is 24.6 Å². The van der Waals surface area contributed by atoms with E-state index in [0.717, 1.165) is 19.1 Å². The predicted octanol–water partition coefficient (Wildman–Crippen LogP) is 2.56. The summed E-state index contributed by atoms with van der Waals surface area (Å²) in [6.07, 6.45) is -0.104. The molecular weight excluding hydrogens is 293 g/mol. The van der Waals surface area contributed by atoms with Gasteiger partial charge in [0.2, 0.25) is 15.0 Å². The van der Waals surface area contributed by atoms with Gasteiger partial charge in [-0.2, -0.15) is 13.2 Å². The highest BCUT2D eigenvalue weighted by Crippen LogP contribution is 2.34. The van der Waals surface area contributed by atoms with Crippen LogP contribution < -0.4 is 0 Å². The molecule has 0 radical (unpaired) electrons. The molecule has 0 unspecified atom stereocenters. The number of hydrogen-bond acceptors (Lipinski definition) is 4. The monoisotopic (exact) mass is 308 g/mol. The van der Waals surface area contributed by atoms with Gasteiger partial charge in [0.15, 0.2) is 5.69 Å². The Kier molecular flexibility index (Phi) is 4.04. The number of aromatic nitrogens is 2. The molecule has 1 aliphatic carbocycles. The predicted molar refractivity (Wildman–Crippen MR) is 66.0 cm³/mol. The highest BCUT2D eigenvalue weighted by molar-refractivity contribution is 7.90. The van der Waals surface area contributed by atoms with Crippen molar-refractivity contribution in [2.24, 2.45) is 0 Å². The molecular formula is C12H15F3N2O2S. The second-order valence-corrected chi connectivity index (χ2v) is 6.87. The second-order valence-electron chi connectivity index (χ2n) is 4.96. The average Bonchev–Trinajstić information content (AvgIpc) is 2.26. The zero-order chi connectivity index (χ0) is 15.0. The van der Waals surface area contributed by atoms with Crippen molar-refractivity contribution >= 4 is 9.84 Å². The smallest absolute Gasteiger partial charge is 0.223 e. The summed E-state index contributed by atoms with van der Waals surface area (Å²) in [6, 6.07) is 0. The molecule has 112 valence electrons. The van der Waals surface area contributed by atoms with E-state index in [1.54, 1.807) is 0 Å². The van der Waals surface area contributed by atoms with Gasteiger partial charge in [-0.05, 0) is 25.7 Å². The summed E-state index contributed by atoms with van der Waals surface area (Å²) in [5.74, 6) is 0. The highest BCUT2D eigenvalue weighted by atomic mass is 32.2. The van der Waals surface area contributed by atoms with Crippen LogP contribution in [-0.2, 0) is 28.9 Å². The summed E-state index contributed by atoms with van der Waals surface area (Å²) < 4.78 is 62.2. The second kappa shape index (κ2) is 5.31. The minimum absolute atomic E-state index is 0.0598. The van der Waals surface area contributed by atoms with Crippen molar-refractivity contribution in [2.75, 3.05) is 6.26 Å². The first-order valence-electron chi connectivity index (χ1n) is 6.36. The Hall–Kier alpha value is -1.18. The fourth-order valence-corrected chi connectivity index (χ4v) is 2.86. The maximum Gasteiger partial charge on any atom is 0.433 e. The molecule has 0 saturated heterocycles. The van der Waals surface area contributed by atoms with Crippen LogP contribution in [0, 0.1) is 0 Å². The van der Waals surface area contributed by atoms with Gasteiger partial charge in [-0.15, -0.1) is 0 Å². The summed E-state index contributed by atoms with van der Waals surface area (Å²) in [6.45, 7) is 0. The van der Waals surface area contributed by atoms with Gasteiger partial charge in [0.25, 0.3) is 0 Å². The van der Waals surface area contributed by atoms with Crippen LogP contribution in [0.15, 0.2) is 5.16 Å². The molecule has 8 heteroatoms. The molecule has 1 aromatic heterocycles. The fourth-order valence-electron chi connectivity index (χ4n) is 2.33. The van der Waals surface area contributed by atoms with Crippen LogP contribution in [0.3, 0.4) is 0 Å². The van der Waals surface area contributed by atoms with Crippen LogP contribution >= 0.6 is 0 Å². The molecule has 2 rings (SSSR count). The van der Waals surface area contributed by atoms with E-state index >= 15 is 0 Å². The third kappa shape index (κ3) is 3.28. The summed E-state index contributed by atoms with van der Waals surface area (Å²) in [7, 11) is -3.86. The van der Waals surface area contributed by atoms with Crippen LogP contribution in [0.5, 0.6) is 0 Å². The summed E-state index contributed by atoms with van der Waals surface area (Å²) in [5, 5.41) is -0.732. The van der Waals surface area contributed by atoms with Crippen molar-refractivity contribution in [1.29, 1.82) is 0 Å². The van der Waals surface area contributed by atoms with Crippen LogP contribution in [0.1, 0.15) is 42.6 Å². The van der Waals surface area contributed by atoms with Crippen molar-refractivity contribution in [3.63, 3.8) is 0 Å². The van der Waals surface area contributed by atoms with Gasteiger partial charge >= 0.3 is 6.18 Å². The maximum absolute atomic E-state index is 13.1. The minimum atomic E-state index is -4.66. The van der Waals surface area contributed by atoms with Crippen molar-refractivity contribution in [3.8, 4) is 0 Å². The molecule has 1 heterocycles. The number of hydrogen-bond donors (Lipinski definition) is 0. The Bertz CT molecular complexity index is 612. The molecule has 1 aromatic rings. The largest absolute Gasteiger partial charge is 0.433 e.